The number of ether oxygens (including phenoxy) is 1. The van der Waals surface area contributed by atoms with Gasteiger partial charge in [0.2, 0.25) is 5.82 Å². The summed E-state index contributed by atoms with van der Waals surface area (Å²) in [4.78, 5) is 19.4. The van der Waals surface area contributed by atoms with Crippen molar-refractivity contribution in [3.63, 3.8) is 0 Å². The molecule has 0 bridgehead atoms. The molecule has 0 aliphatic rings. The number of benzene rings is 2. The van der Waals surface area contributed by atoms with Crippen LogP contribution < -0.4 is 0 Å². The second-order valence-corrected chi connectivity index (χ2v) is 5.90. The van der Waals surface area contributed by atoms with Gasteiger partial charge in [0, 0.05) is 29.1 Å². The molecule has 130 valence electrons. The number of H-pyrrole nitrogens is 1. The van der Waals surface area contributed by atoms with Crippen LogP contribution in [0.3, 0.4) is 0 Å². The Morgan fingerprint density at radius 3 is 2.77 bits per heavy atom. The molecule has 26 heavy (non-hydrogen) atoms. The Bertz CT molecular complexity index is 1020. The van der Waals surface area contributed by atoms with Gasteiger partial charge in [-0.15, -0.1) is 0 Å². The first-order valence-corrected chi connectivity index (χ1v) is 8.38. The van der Waals surface area contributed by atoms with E-state index in [-0.39, 0.29) is 18.5 Å². The van der Waals surface area contributed by atoms with Gasteiger partial charge in [0.05, 0.1) is 0 Å². The van der Waals surface area contributed by atoms with Crippen molar-refractivity contribution in [1.82, 2.24) is 15.1 Å². The number of rotatable bonds is 6. The molecule has 6 heteroatoms. The van der Waals surface area contributed by atoms with Crippen molar-refractivity contribution in [2.75, 3.05) is 0 Å². The lowest BCUT2D eigenvalue weighted by molar-refractivity contribution is -0.145. The van der Waals surface area contributed by atoms with E-state index in [1.165, 1.54) is 0 Å². The van der Waals surface area contributed by atoms with Crippen molar-refractivity contribution in [3.8, 4) is 11.4 Å². The van der Waals surface area contributed by atoms with E-state index in [4.69, 9.17) is 9.26 Å². The number of fused-ring (bicyclic) bond motifs is 1. The van der Waals surface area contributed by atoms with Gasteiger partial charge in [-0.2, -0.15) is 4.98 Å². The van der Waals surface area contributed by atoms with E-state index < -0.39 is 0 Å². The zero-order valence-electron chi connectivity index (χ0n) is 14.0. The number of nitrogens with one attached hydrogen (secondary N) is 1. The molecular formula is C20H17N3O3. The summed E-state index contributed by atoms with van der Waals surface area (Å²) in [5, 5.41) is 5.03. The van der Waals surface area contributed by atoms with Crippen LogP contribution >= 0.6 is 0 Å². The van der Waals surface area contributed by atoms with Crippen LogP contribution in [0.2, 0.25) is 0 Å². The minimum atomic E-state index is -0.297. The van der Waals surface area contributed by atoms with Gasteiger partial charge in [-0.25, -0.2) is 0 Å². The van der Waals surface area contributed by atoms with Crippen LogP contribution in [-0.4, -0.2) is 21.1 Å². The minimum Gasteiger partial charge on any atom is -0.456 e. The van der Waals surface area contributed by atoms with Crippen molar-refractivity contribution in [3.05, 3.63) is 72.2 Å². The van der Waals surface area contributed by atoms with Gasteiger partial charge in [-0.05, 0) is 18.1 Å². The van der Waals surface area contributed by atoms with Gasteiger partial charge in [0.25, 0.3) is 5.89 Å². The van der Waals surface area contributed by atoms with Gasteiger partial charge in [-0.1, -0.05) is 53.7 Å². The lowest BCUT2D eigenvalue weighted by Gasteiger charge is -2.01. The lowest BCUT2D eigenvalue weighted by atomic mass is 10.1. The molecule has 0 fully saturated rings. The predicted molar refractivity (Wildman–Crippen MR) is 96.1 cm³/mol. The van der Waals surface area contributed by atoms with Crippen LogP contribution in [0.25, 0.3) is 22.3 Å². The molecule has 2 aromatic heterocycles. The number of aromatic nitrogens is 3. The Morgan fingerprint density at radius 1 is 1.08 bits per heavy atom. The fraction of sp³-hybridized carbons (Fsp3) is 0.150. The number of carbonyl (C=O) groups is 1. The van der Waals surface area contributed by atoms with Crippen molar-refractivity contribution in [1.29, 1.82) is 0 Å². The molecular weight excluding hydrogens is 330 g/mol. The molecule has 1 N–H and O–H groups in total. The lowest BCUT2D eigenvalue weighted by Crippen LogP contribution is -2.06. The molecule has 0 saturated carbocycles. The molecule has 2 heterocycles. The minimum absolute atomic E-state index is 0.0213. The number of aromatic amines is 1. The molecule has 0 saturated heterocycles. The normalized spacial score (nSPS) is 10.9. The summed E-state index contributed by atoms with van der Waals surface area (Å²) in [7, 11) is 0. The molecule has 0 radical (unpaired) electrons. The van der Waals surface area contributed by atoms with Crippen LogP contribution in [0.1, 0.15) is 17.9 Å². The number of esters is 1. The molecule has 0 atom stereocenters. The Morgan fingerprint density at radius 2 is 1.88 bits per heavy atom. The van der Waals surface area contributed by atoms with Gasteiger partial charge < -0.3 is 14.2 Å². The SMILES string of the molecule is O=C(CCc1c[nH]c2ccccc12)OCc1nc(-c2ccccc2)no1. The summed E-state index contributed by atoms with van der Waals surface area (Å²) in [5.74, 6) is 0.467. The van der Waals surface area contributed by atoms with Gasteiger partial charge in [0.15, 0.2) is 6.61 Å². The van der Waals surface area contributed by atoms with Crippen molar-refractivity contribution < 1.29 is 14.1 Å². The van der Waals surface area contributed by atoms with E-state index in [0.717, 1.165) is 22.0 Å². The summed E-state index contributed by atoms with van der Waals surface area (Å²) in [6, 6.07) is 17.5. The van der Waals surface area contributed by atoms with Crippen LogP contribution in [0.5, 0.6) is 0 Å². The molecule has 0 spiro atoms. The first kappa shape index (κ1) is 16.1. The molecule has 4 aromatic rings. The topological polar surface area (TPSA) is 81.0 Å². The highest BCUT2D eigenvalue weighted by Crippen LogP contribution is 2.19. The second-order valence-electron chi connectivity index (χ2n) is 5.90. The van der Waals surface area contributed by atoms with Gasteiger partial charge in [0.1, 0.15) is 0 Å². The van der Waals surface area contributed by atoms with Crippen molar-refractivity contribution >= 4 is 16.9 Å². The summed E-state index contributed by atoms with van der Waals surface area (Å²) >= 11 is 0. The second kappa shape index (κ2) is 7.23. The Hall–Kier alpha value is -3.41. The highest BCUT2D eigenvalue weighted by Gasteiger charge is 2.12. The largest absolute Gasteiger partial charge is 0.456 e. The van der Waals surface area contributed by atoms with E-state index in [2.05, 4.69) is 15.1 Å². The van der Waals surface area contributed by atoms with E-state index in [1.807, 2.05) is 60.8 Å². The highest BCUT2D eigenvalue weighted by molar-refractivity contribution is 5.83. The Labute approximate surface area is 149 Å². The van der Waals surface area contributed by atoms with E-state index in [9.17, 15) is 4.79 Å². The molecule has 0 amide bonds. The average Bonchev–Trinajstić information content (AvgIpc) is 3.33. The summed E-state index contributed by atoms with van der Waals surface area (Å²) in [6.07, 6.45) is 2.84. The maximum atomic E-state index is 12.0. The van der Waals surface area contributed by atoms with E-state index in [1.54, 1.807) is 0 Å². The predicted octanol–water partition coefficient (Wildman–Crippen LogP) is 3.89. The Kier molecular flexibility index (Phi) is 4.47. The Balaban J connectivity index is 1.31. The monoisotopic (exact) mass is 347 g/mol. The highest BCUT2D eigenvalue weighted by atomic mass is 16.6. The zero-order chi connectivity index (χ0) is 17.8. The third kappa shape index (κ3) is 3.49. The molecule has 0 unspecified atom stereocenters. The summed E-state index contributed by atoms with van der Waals surface area (Å²) in [6.45, 7) is -0.0213. The molecule has 0 aliphatic carbocycles. The van der Waals surface area contributed by atoms with E-state index in [0.29, 0.717) is 18.7 Å². The maximum Gasteiger partial charge on any atom is 0.306 e. The smallest absolute Gasteiger partial charge is 0.306 e. The third-order valence-corrected chi connectivity index (χ3v) is 4.13. The first-order chi connectivity index (χ1) is 12.8. The van der Waals surface area contributed by atoms with Crippen LogP contribution in [0.4, 0.5) is 0 Å². The number of nitrogens with zero attached hydrogens (tertiary/aromatic N) is 2. The summed E-state index contributed by atoms with van der Waals surface area (Å²) in [5.41, 5.74) is 3.02. The fourth-order valence-electron chi connectivity index (χ4n) is 2.81. The zero-order valence-corrected chi connectivity index (χ0v) is 14.0. The number of carbonyl (C=O) groups excluding carboxylic acids is 1. The fourth-order valence-corrected chi connectivity index (χ4v) is 2.81. The van der Waals surface area contributed by atoms with Gasteiger partial charge in [-0.3, -0.25) is 4.79 Å². The number of hydrogen-bond acceptors (Lipinski definition) is 5. The molecule has 0 aliphatic heterocycles. The van der Waals surface area contributed by atoms with Crippen molar-refractivity contribution in [2.45, 2.75) is 19.4 Å². The first-order valence-electron chi connectivity index (χ1n) is 8.38. The number of para-hydroxylation sites is 1. The molecule has 2 aromatic carbocycles. The van der Waals surface area contributed by atoms with E-state index >= 15 is 0 Å². The average molecular weight is 347 g/mol. The van der Waals surface area contributed by atoms with Crippen LogP contribution in [0.15, 0.2) is 65.3 Å². The quantitative estimate of drug-likeness (QED) is 0.535. The van der Waals surface area contributed by atoms with Crippen LogP contribution in [0, 0.1) is 0 Å². The number of hydrogen-bond donors (Lipinski definition) is 1. The third-order valence-electron chi connectivity index (χ3n) is 4.13. The van der Waals surface area contributed by atoms with Crippen molar-refractivity contribution in [2.24, 2.45) is 0 Å². The van der Waals surface area contributed by atoms with Gasteiger partial charge >= 0.3 is 5.97 Å². The number of aryl methyl sites for hydroxylation is 1. The van der Waals surface area contributed by atoms with Crippen LogP contribution in [-0.2, 0) is 22.6 Å². The molecule has 4 rings (SSSR count). The summed E-state index contributed by atoms with van der Waals surface area (Å²) < 4.78 is 10.4. The standard InChI is InChI=1S/C20H17N3O3/c24-19(11-10-15-12-21-17-9-5-4-8-16(15)17)25-13-18-22-20(23-26-18)14-6-2-1-3-7-14/h1-9,12,21H,10-11,13H2. The molecule has 6 nitrogen and oxygen atoms in total. The maximum absolute atomic E-state index is 12.0.